The van der Waals surface area contributed by atoms with Crippen molar-refractivity contribution in [2.75, 3.05) is 6.54 Å². The minimum absolute atomic E-state index is 0.498. The Bertz CT molecular complexity index is 356. The average Bonchev–Trinajstić information content (AvgIpc) is 2.80. The normalized spacial score (nSPS) is 24.7. The summed E-state index contributed by atoms with van der Waals surface area (Å²) in [6, 6.07) is 0.498. The SMILES string of the molecule is CC1CCCCC1CNCc1cncn1C(C)C. The van der Waals surface area contributed by atoms with E-state index in [1.807, 2.05) is 12.5 Å². The molecule has 0 saturated heterocycles. The van der Waals surface area contributed by atoms with Gasteiger partial charge in [-0.05, 0) is 38.6 Å². The number of rotatable bonds is 5. The van der Waals surface area contributed by atoms with Gasteiger partial charge in [0, 0.05) is 18.8 Å². The molecular formula is C15H27N3. The summed E-state index contributed by atoms with van der Waals surface area (Å²) >= 11 is 0. The van der Waals surface area contributed by atoms with Crippen LogP contribution in [-0.2, 0) is 6.54 Å². The molecule has 1 aromatic rings. The molecule has 1 N–H and O–H groups in total. The van der Waals surface area contributed by atoms with E-state index in [9.17, 15) is 0 Å². The van der Waals surface area contributed by atoms with Crippen LogP contribution in [0.15, 0.2) is 12.5 Å². The van der Waals surface area contributed by atoms with Gasteiger partial charge < -0.3 is 9.88 Å². The molecule has 2 unspecified atom stereocenters. The predicted octanol–water partition coefficient (Wildman–Crippen LogP) is 3.38. The van der Waals surface area contributed by atoms with Gasteiger partial charge in [0.05, 0.1) is 12.0 Å². The zero-order valence-corrected chi connectivity index (χ0v) is 12.0. The Morgan fingerprint density at radius 1 is 1.39 bits per heavy atom. The summed E-state index contributed by atoms with van der Waals surface area (Å²) in [5.41, 5.74) is 1.30. The second-order valence-corrected chi connectivity index (χ2v) is 6.04. The minimum Gasteiger partial charge on any atom is -0.331 e. The van der Waals surface area contributed by atoms with E-state index in [-0.39, 0.29) is 0 Å². The van der Waals surface area contributed by atoms with Gasteiger partial charge in [0.2, 0.25) is 0 Å². The molecule has 1 aliphatic rings. The van der Waals surface area contributed by atoms with Gasteiger partial charge in [-0.2, -0.15) is 0 Å². The first-order valence-electron chi connectivity index (χ1n) is 7.40. The second-order valence-electron chi connectivity index (χ2n) is 6.04. The molecule has 102 valence electrons. The number of hydrogen-bond acceptors (Lipinski definition) is 2. The fraction of sp³-hybridized carbons (Fsp3) is 0.800. The molecule has 2 atom stereocenters. The van der Waals surface area contributed by atoms with Crippen LogP contribution in [0.1, 0.15) is 58.2 Å². The Kier molecular flexibility index (Phi) is 4.81. The Morgan fingerprint density at radius 2 is 2.17 bits per heavy atom. The highest BCUT2D eigenvalue weighted by molar-refractivity contribution is 4.99. The number of hydrogen-bond donors (Lipinski definition) is 1. The van der Waals surface area contributed by atoms with Crippen molar-refractivity contribution in [3.8, 4) is 0 Å². The van der Waals surface area contributed by atoms with E-state index in [0.717, 1.165) is 24.9 Å². The van der Waals surface area contributed by atoms with Crippen molar-refractivity contribution in [1.29, 1.82) is 0 Å². The van der Waals surface area contributed by atoms with Gasteiger partial charge in [-0.3, -0.25) is 0 Å². The topological polar surface area (TPSA) is 29.9 Å². The molecule has 0 radical (unpaired) electrons. The molecule has 1 saturated carbocycles. The largest absolute Gasteiger partial charge is 0.331 e. The molecule has 3 heteroatoms. The fourth-order valence-electron chi connectivity index (χ4n) is 3.02. The number of nitrogens with one attached hydrogen (secondary N) is 1. The third-order valence-corrected chi connectivity index (χ3v) is 4.30. The van der Waals surface area contributed by atoms with Crippen LogP contribution in [0.5, 0.6) is 0 Å². The van der Waals surface area contributed by atoms with E-state index in [0.29, 0.717) is 6.04 Å². The standard InChI is InChI=1S/C15H27N3/c1-12(2)18-11-17-10-15(18)9-16-8-14-7-5-4-6-13(14)3/h10-14,16H,4-9H2,1-3H3. The molecule has 1 fully saturated rings. The lowest BCUT2D eigenvalue weighted by molar-refractivity contribution is 0.247. The molecule has 1 heterocycles. The Labute approximate surface area is 111 Å². The summed E-state index contributed by atoms with van der Waals surface area (Å²) in [5.74, 6) is 1.76. The van der Waals surface area contributed by atoms with Crippen molar-refractivity contribution in [2.45, 2.75) is 59.0 Å². The summed E-state index contributed by atoms with van der Waals surface area (Å²) in [7, 11) is 0. The van der Waals surface area contributed by atoms with Crippen molar-refractivity contribution in [3.63, 3.8) is 0 Å². The molecule has 0 spiro atoms. The van der Waals surface area contributed by atoms with Crippen molar-refractivity contribution >= 4 is 0 Å². The Morgan fingerprint density at radius 3 is 2.89 bits per heavy atom. The first-order chi connectivity index (χ1) is 8.68. The first-order valence-corrected chi connectivity index (χ1v) is 7.40. The van der Waals surface area contributed by atoms with Crippen LogP contribution in [0.25, 0.3) is 0 Å². The van der Waals surface area contributed by atoms with Crippen LogP contribution in [0.4, 0.5) is 0 Å². The van der Waals surface area contributed by atoms with Crippen molar-refractivity contribution in [2.24, 2.45) is 11.8 Å². The molecule has 3 nitrogen and oxygen atoms in total. The summed E-state index contributed by atoms with van der Waals surface area (Å²) in [6.07, 6.45) is 9.58. The minimum atomic E-state index is 0.498. The lowest BCUT2D eigenvalue weighted by atomic mass is 9.80. The molecular weight excluding hydrogens is 222 g/mol. The van der Waals surface area contributed by atoms with E-state index in [4.69, 9.17) is 0 Å². The zero-order chi connectivity index (χ0) is 13.0. The van der Waals surface area contributed by atoms with Gasteiger partial charge in [-0.15, -0.1) is 0 Å². The van der Waals surface area contributed by atoms with Crippen LogP contribution >= 0.6 is 0 Å². The average molecular weight is 249 g/mol. The third-order valence-electron chi connectivity index (χ3n) is 4.30. The van der Waals surface area contributed by atoms with E-state index in [2.05, 4.69) is 35.6 Å². The van der Waals surface area contributed by atoms with Gasteiger partial charge in [0.15, 0.2) is 0 Å². The quantitative estimate of drug-likeness (QED) is 0.867. The molecule has 0 aromatic carbocycles. The first kappa shape index (κ1) is 13.6. The summed E-state index contributed by atoms with van der Waals surface area (Å²) in [6.45, 7) is 8.92. The lowest BCUT2D eigenvalue weighted by Crippen LogP contribution is -2.29. The third kappa shape index (κ3) is 3.35. The van der Waals surface area contributed by atoms with Gasteiger partial charge in [-0.1, -0.05) is 26.2 Å². The van der Waals surface area contributed by atoms with Crippen LogP contribution in [0.3, 0.4) is 0 Å². The number of nitrogens with zero attached hydrogens (tertiary/aromatic N) is 2. The van der Waals surface area contributed by atoms with Crippen LogP contribution in [0.2, 0.25) is 0 Å². The van der Waals surface area contributed by atoms with Gasteiger partial charge >= 0.3 is 0 Å². The van der Waals surface area contributed by atoms with E-state index >= 15 is 0 Å². The lowest BCUT2D eigenvalue weighted by Gasteiger charge is -2.29. The van der Waals surface area contributed by atoms with Crippen molar-refractivity contribution in [3.05, 3.63) is 18.2 Å². The monoisotopic (exact) mass is 249 g/mol. The van der Waals surface area contributed by atoms with Crippen LogP contribution in [0, 0.1) is 11.8 Å². The van der Waals surface area contributed by atoms with Crippen LogP contribution in [-0.4, -0.2) is 16.1 Å². The molecule has 2 rings (SSSR count). The highest BCUT2D eigenvalue weighted by atomic mass is 15.1. The number of imidazole rings is 1. The molecule has 0 bridgehead atoms. The summed E-state index contributed by atoms with van der Waals surface area (Å²) < 4.78 is 2.25. The highest BCUT2D eigenvalue weighted by Gasteiger charge is 2.20. The summed E-state index contributed by atoms with van der Waals surface area (Å²) in [4.78, 5) is 4.25. The molecule has 0 aliphatic heterocycles. The van der Waals surface area contributed by atoms with E-state index in [1.165, 1.54) is 31.4 Å². The Balaban J connectivity index is 1.79. The fourth-order valence-corrected chi connectivity index (χ4v) is 3.02. The molecule has 0 amide bonds. The van der Waals surface area contributed by atoms with E-state index < -0.39 is 0 Å². The molecule has 1 aliphatic carbocycles. The van der Waals surface area contributed by atoms with Crippen molar-refractivity contribution in [1.82, 2.24) is 14.9 Å². The molecule has 1 aromatic heterocycles. The maximum Gasteiger partial charge on any atom is 0.0951 e. The maximum atomic E-state index is 4.25. The molecule has 18 heavy (non-hydrogen) atoms. The van der Waals surface area contributed by atoms with Gasteiger partial charge in [0.25, 0.3) is 0 Å². The predicted molar refractivity (Wildman–Crippen MR) is 75.4 cm³/mol. The smallest absolute Gasteiger partial charge is 0.0951 e. The van der Waals surface area contributed by atoms with Gasteiger partial charge in [-0.25, -0.2) is 4.98 Å². The Hall–Kier alpha value is -0.830. The van der Waals surface area contributed by atoms with Crippen molar-refractivity contribution < 1.29 is 0 Å². The maximum absolute atomic E-state index is 4.25. The second kappa shape index (κ2) is 6.37. The zero-order valence-electron chi connectivity index (χ0n) is 12.0. The van der Waals surface area contributed by atoms with E-state index in [1.54, 1.807) is 0 Å². The number of aromatic nitrogens is 2. The highest BCUT2D eigenvalue weighted by Crippen LogP contribution is 2.28. The van der Waals surface area contributed by atoms with Crippen LogP contribution < -0.4 is 5.32 Å². The summed E-state index contributed by atoms with van der Waals surface area (Å²) in [5, 5.41) is 3.62. The van der Waals surface area contributed by atoms with Gasteiger partial charge in [0.1, 0.15) is 0 Å².